The number of carbonyl (C=O) groups is 3. The molecule has 0 N–H and O–H groups in total. The number of hydrogen-bond donors (Lipinski definition) is 0. The molecule has 0 saturated carbocycles. The van der Waals surface area contributed by atoms with Gasteiger partial charge in [-0.05, 0) is 96.3 Å². The summed E-state index contributed by atoms with van der Waals surface area (Å²) in [5.41, 5.74) is 0. The van der Waals surface area contributed by atoms with Gasteiger partial charge < -0.3 is 14.2 Å². The SMILES string of the molecule is CCCCCCC/C=C\CCCCCCCC(=O)OCC(COC(=O)CCCCCCCCCCCCCCCCCCCCC/C=C\CCCCCCCCCC)OC(=O)CCCCCCCCC/C=C\CCCCCCCCC. The second-order valence-electron chi connectivity index (χ2n) is 24.8. The van der Waals surface area contributed by atoms with E-state index in [1.165, 1.54) is 302 Å². The van der Waals surface area contributed by atoms with E-state index in [0.717, 1.165) is 64.2 Å². The summed E-state index contributed by atoms with van der Waals surface area (Å²) in [6, 6.07) is 0. The molecule has 0 aliphatic heterocycles. The number of hydrogen-bond acceptors (Lipinski definition) is 6. The predicted molar refractivity (Wildman–Crippen MR) is 353 cm³/mol. The van der Waals surface area contributed by atoms with Gasteiger partial charge >= 0.3 is 17.9 Å². The third-order valence-corrected chi connectivity index (χ3v) is 16.6. The molecule has 0 aliphatic rings. The summed E-state index contributed by atoms with van der Waals surface area (Å²) in [5.74, 6) is -0.857. The Morgan fingerprint density at radius 3 is 0.617 bits per heavy atom. The number of rotatable bonds is 68. The molecular formula is C75H140O6. The molecule has 0 radical (unpaired) electrons. The number of carbonyl (C=O) groups excluding carboxylic acids is 3. The first-order valence-electron chi connectivity index (χ1n) is 36.5. The minimum absolute atomic E-state index is 0.0719. The van der Waals surface area contributed by atoms with E-state index in [0.29, 0.717) is 19.3 Å². The zero-order chi connectivity index (χ0) is 58.5. The monoisotopic (exact) mass is 1140 g/mol. The second-order valence-corrected chi connectivity index (χ2v) is 24.8. The first-order valence-corrected chi connectivity index (χ1v) is 36.5. The molecule has 0 saturated heterocycles. The van der Waals surface area contributed by atoms with Gasteiger partial charge in [0.15, 0.2) is 6.10 Å². The highest BCUT2D eigenvalue weighted by molar-refractivity contribution is 5.71. The summed E-state index contributed by atoms with van der Waals surface area (Å²) in [6.45, 7) is 6.69. The molecule has 0 aromatic carbocycles. The highest BCUT2D eigenvalue weighted by atomic mass is 16.6. The molecule has 0 rings (SSSR count). The molecule has 81 heavy (non-hydrogen) atoms. The molecule has 0 heterocycles. The van der Waals surface area contributed by atoms with Gasteiger partial charge in [-0.1, -0.05) is 327 Å². The quantitative estimate of drug-likeness (QED) is 0.0261. The highest BCUT2D eigenvalue weighted by Crippen LogP contribution is 2.18. The zero-order valence-corrected chi connectivity index (χ0v) is 54.8. The summed E-state index contributed by atoms with van der Waals surface area (Å²) in [7, 11) is 0. The number of esters is 3. The Balaban J connectivity index is 4.17. The van der Waals surface area contributed by atoms with Crippen LogP contribution in [0.25, 0.3) is 0 Å². The van der Waals surface area contributed by atoms with Crippen LogP contribution in [0.1, 0.15) is 406 Å². The van der Waals surface area contributed by atoms with Gasteiger partial charge in [0, 0.05) is 19.3 Å². The van der Waals surface area contributed by atoms with Crippen LogP contribution in [0.4, 0.5) is 0 Å². The molecule has 0 aromatic rings. The van der Waals surface area contributed by atoms with Crippen molar-refractivity contribution in [1.29, 1.82) is 0 Å². The van der Waals surface area contributed by atoms with Gasteiger partial charge in [-0.3, -0.25) is 14.4 Å². The van der Waals surface area contributed by atoms with Gasteiger partial charge in [-0.15, -0.1) is 0 Å². The van der Waals surface area contributed by atoms with Crippen molar-refractivity contribution >= 4 is 17.9 Å². The first-order chi connectivity index (χ1) is 40.0. The van der Waals surface area contributed by atoms with Crippen LogP contribution in [-0.2, 0) is 28.6 Å². The lowest BCUT2D eigenvalue weighted by atomic mass is 10.0. The van der Waals surface area contributed by atoms with E-state index in [1.807, 2.05) is 0 Å². The van der Waals surface area contributed by atoms with E-state index in [2.05, 4.69) is 57.2 Å². The van der Waals surface area contributed by atoms with Crippen molar-refractivity contribution < 1.29 is 28.6 Å². The molecule has 476 valence electrons. The van der Waals surface area contributed by atoms with E-state index in [-0.39, 0.29) is 31.1 Å². The molecule has 0 aliphatic carbocycles. The van der Waals surface area contributed by atoms with E-state index in [9.17, 15) is 14.4 Å². The Kier molecular flexibility index (Phi) is 68.1. The molecule has 1 atom stereocenters. The number of ether oxygens (including phenoxy) is 3. The van der Waals surface area contributed by atoms with Gasteiger partial charge in [0.1, 0.15) is 13.2 Å². The van der Waals surface area contributed by atoms with Crippen LogP contribution in [0.5, 0.6) is 0 Å². The number of allylic oxidation sites excluding steroid dienone is 6. The largest absolute Gasteiger partial charge is 0.462 e. The molecule has 0 fully saturated rings. The van der Waals surface area contributed by atoms with Gasteiger partial charge in [0.2, 0.25) is 0 Å². The summed E-state index contributed by atoms with van der Waals surface area (Å²) < 4.78 is 17.0. The Hall–Kier alpha value is -2.37. The summed E-state index contributed by atoms with van der Waals surface area (Å²) >= 11 is 0. The van der Waals surface area contributed by atoms with Crippen molar-refractivity contribution in [3.05, 3.63) is 36.5 Å². The van der Waals surface area contributed by atoms with Crippen molar-refractivity contribution in [3.63, 3.8) is 0 Å². The minimum Gasteiger partial charge on any atom is -0.462 e. The van der Waals surface area contributed by atoms with Crippen molar-refractivity contribution in [2.75, 3.05) is 13.2 Å². The van der Waals surface area contributed by atoms with Gasteiger partial charge in [0.05, 0.1) is 0 Å². The van der Waals surface area contributed by atoms with Crippen LogP contribution >= 0.6 is 0 Å². The van der Waals surface area contributed by atoms with Crippen LogP contribution in [0.3, 0.4) is 0 Å². The number of unbranched alkanes of at least 4 members (excludes halogenated alkanes) is 51. The molecule has 0 aromatic heterocycles. The van der Waals surface area contributed by atoms with Crippen molar-refractivity contribution in [2.24, 2.45) is 0 Å². The van der Waals surface area contributed by atoms with E-state index in [1.54, 1.807) is 0 Å². The van der Waals surface area contributed by atoms with Crippen LogP contribution in [0.2, 0.25) is 0 Å². The Labute approximate surface area is 506 Å². The smallest absolute Gasteiger partial charge is 0.306 e. The molecule has 6 nitrogen and oxygen atoms in total. The van der Waals surface area contributed by atoms with E-state index < -0.39 is 6.10 Å². The molecular weight excluding hydrogens is 997 g/mol. The van der Waals surface area contributed by atoms with Crippen LogP contribution < -0.4 is 0 Å². The lowest BCUT2D eigenvalue weighted by molar-refractivity contribution is -0.167. The molecule has 1 unspecified atom stereocenters. The standard InChI is InChI=1S/C75H140O6/c1-4-7-10-13-16-19-22-25-28-30-32-33-34-35-36-37-38-39-40-41-42-43-44-46-47-50-53-56-59-62-65-68-74(77)80-71-72(70-79-73(76)67-64-61-58-55-52-49-27-24-21-18-15-12-9-6-3)81-75(78)69-66-63-60-57-54-51-48-45-31-29-26-23-20-17-14-11-8-5-2/h24,27,29-32,72H,4-23,25-26,28,33-71H2,1-3H3/b27-24-,31-29-,32-30-. The highest BCUT2D eigenvalue weighted by Gasteiger charge is 2.19. The maximum absolute atomic E-state index is 12.9. The topological polar surface area (TPSA) is 78.9 Å². The fraction of sp³-hybridized carbons (Fsp3) is 0.880. The Morgan fingerprint density at radius 1 is 0.235 bits per heavy atom. The summed E-state index contributed by atoms with van der Waals surface area (Å²) in [4.78, 5) is 38.4. The zero-order valence-electron chi connectivity index (χ0n) is 54.8. The third-order valence-electron chi connectivity index (χ3n) is 16.6. The predicted octanol–water partition coefficient (Wildman–Crippen LogP) is 25.1. The fourth-order valence-electron chi connectivity index (χ4n) is 11.1. The summed E-state index contributed by atoms with van der Waals surface area (Å²) in [6.07, 6.45) is 87.6. The van der Waals surface area contributed by atoms with Gasteiger partial charge in [-0.2, -0.15) is 0 Å². The normalized spacial score (nSPS) is 12.2. The average Bonchev–Trinajstić information content (AvgIpc) is 3.47. The van der Waals surface area contributed by atoms with Crippen molar-refractivity contribution in [2.45, 2.75) is 412 Å². The lowest BCUT2D eigenvalue weighted by Gasteiger charge is -2.18. The maximum atomic E-state index is 12.9. The molecule has 0 bridgehead atoms. The second kappa shape index (κ2) is 70.1. The van der Waals surface area contributed by atoms with Crippen LogP contribution in [-0.4, -0.2) is 37.2 Å². The van der Waals surface area contributed by atoms with Crippen LogP contribution in [0, 0.1) is 0 Å². The third kappa shape index (κ3) is 68.3. The fourth-order valence-corrected chi connectivity index (χ4v) is 11.1. The van der Waals surface area contributed by atoms with E-state index in [4.69, 9.17) is 14.2 Å². The Morgan fingerprint density at radius 2 is 0.407 bits per heavy atom. The van der Waals surface area contributed by atoms with Crippen molar-refractivity contribution in [1.82, 2.24) is 0 Å². The lowest BCUT2D eigenvalue weighted by Crippen LogP contribution is -2.30. The Bertz CT molecular complexity index is 1350. The summed E-state index contributed by atoms with van der Waals surface area (Å²) in [5, 5.41) is 0. The van der Waals surface area contributed by atoms with E-state index >= 15 is 0 Å². The molecule has 6 heteroatoms. The minimum atomic E-state index is -0.777. The first kappa shape index (κ1) is 78.6. The van der Waals surface area contributed by atoms with Gasteiger partial charge in [0.25, 0.3) is 0 Å². The molecule has 0 spiro atoms. The average molecular weight is 1140 g/mol. The molecule has 0 amide bonds. The maximum Gasteiger partial charge on any atom is 0.306 e. The van der Waals surface area contributed by atoms with Crippen molar-refractivity contribution in [3.8, 4) is 0 Å². The van der Waals surface area contributed by atoms with Gasteiger partial charge in [-0.25, -0.2) is 0 Å². The van der Waals surface area contributed by atoms with Crippen LogP contribution in [0.15, 0.2) is 36.5 Å².